The van der Waals surface area contributed by atoms with Crippen LogP contribution < -0.4 is 14.2 Å². The summed E-state index contributed by atoms with van der Waals surface area (Å²) < 4.78 is 15.7. The number of benzene rings is 2. The average Bonchev–Trinajstić information content (AvgIpc) is 2.66. The van der Waals surface area contributed by atoms with Gasteiger partial charge in [0.2, 0.25) is 11.5 Å². The van der Waals surface area contributed by atoms with E-state index < -0.39 is 22.1 Å². The van der Waals surface area contributed by atoms with Crippen LogP contribution >= 0.6 is 0 Å². The Kier molecular flexibility index (Phi) is 6.02. The van der Waals surface area contributed by atoms with Gasteiger partial charge in [0.25, 0.3) is 0 Å². The highest BCUT2D eigenvalue weighted by atomic mass is 16.6. The number of carbonyl (C=O) groups excluding carboxylic acids is 1. The molecule has 2 aromatic rings. The van der Waals surface area contributed by atoms with Gasteiger partial charge in [0, 0.05) is 6.07 Å². The molecule has 1 N–H and O–H groups in total. The Balaban J connectivity index is 2.42. The highest BCUT2D eigenvalue weighted by Crippen LogP contribution is 2.38. The monoisotopic (exact) mass is 373 g/mol. The fourth-order valence-electron chi connectivity index (χ4n) is 2.55. The van der Waals surface area contributed by atoms with Gasteiger partial charge >= 0.3 is 5.69 Å². The minimum absolute atomic E-state index is 0.148. The fourth-order valence-corrected chi connectivity index (χ4v) is 2.55. The van der Waals surface area contributed by atoms with Crippen molar-refractivity contribution in [2.45, 2.75) is 6.92 Å². The molecule has 8 nitrogen and oxygen atoms in total. The number of ketones is 1. The minimum atomic E-state index is -0.734. The molecule has 142 valence electrons. The maximum absolute atomic E-state index is 12.4. The number of ether oxygens (including phenoxy) is 3. The van der Waals surface area contributed by atoms with Gasteiger partial charge in [0.1, 0.15) is 0 Å². The number of rotatable bonds is 7. The van der Waals surface area contributed by atoms with Crippen molar-refractivity contribution in [1.29, 1.82) is 0 Å². The van der Waals surface area contributed by atoms with E-state index in [9.17, 15) is 20.0 Å². The summed E-state index contributed by atoms with van der Waals surface area (Å²) in [4.78, 5) is 22.7. The standard InChI is InChI=1S/C19H19NO7/c1-11-7-13(18(22)14(8-11)20(23)24)15(21)6-5-12-9-16(25-2)19(27-4)17(10-12)26-3/h5-10,22H,1-4H3. The Labute approximate surface area is 155 Å². The van der Waals surface area contributed by atoms with Gasteiger partial charge in [-0.3, -0.25) is 14.9 Å². The lowest BCUT2D eigenvalue weighted by molar-refractivity contribution is -0.385. The number of hydrogen-bond acceptors (Lipinski definition) is 7. The molecule has 0 saturated carbocycles. The molecule has 0 aliphatic carbocycles. The number of nitro benzene ring substituents is 1. The van der Waals surface area contributed by atoms with Crippen molar-refractivity contribution in [3.05, 3.63) is 57.1 Å². The zero-order valence-corrected chi connectivity index (χ0v) is 15.3. The second kappa shape index (κ2) is 8.22. The molecule has 0 amide bonds. The van der Waals surface area contributed by atoms with Crippen LogP contribution in [0.3, 0.4) is 0 Å². The Morgan fingerprint density at radius 2 is 1.67 bits per heavy atom. The smallest absolute Gasteiger partial charge is 0.311 e. The molecule has 0 saturated heterocycles. The number of phenolic OH excluding ortho intramolecular Hbond substituents is 1. The summed E-state index contributed by atoms with van der Waals surface area (Å²) in [6, 6.07) is 5.88. The lowest BCUT2D eigenvalue weighted by atomic mass is 10.0. The van der Waals surface area contributed by atoms with Crippen LogP contribution in [0, 0.1) is 17.0 Å². The molecular formula is C19H19NO7. The number of aryl methyl sites for hydroxylation is 1. The van der Waals surface area contributed by atoms with Crippen LogP contribution in [0.5, 0.6) is 23.0 Å². The number of nitrogens with zero attached hydrogens (tertiary/aromatic N) is 1. The van der Waals surface area contributed by atoms with E-state index in [2.05, 4.69) is 0 Å². The summed E-state index contributed by atoms with van der Waals surface area (Å²) in [7, 11) is 4.42. The molecule has 0 fully saturated rings. The number of allylic oxidation sites excluding steroid dienone is 1. The molecular weight excluding hydrogens is 354 g/mol. The van der Waals surface area contributed by atoms with Crippen molar-refractivity contribution in [2.75, 3.05) is 21.3 Å². The molecule has 0 aromatic heterocycles. The predicted molar refractivity (Wildman–Crippen MR) is 99.0 cm³/mol. The molecule has 0 bridgehead atoms. The zero-order valence-electron chi connectivity index (χ0n) is 15.3. The molecule has 0 atom stereocenters. The molecule has 0 radical (unpaired) electrons. The van der Waals surface area contributed by atoms with Gasteiger partial charge in [-0.1, -0.05) is 6.08 Å². The summed E-state index contributed by atoms with van der Waals surface area (Å²) >= 11 is 0. The van der Waals surface area contributed by atoms with Crippen LogP contribution in [0.15, 0.2) is 30.3 Å². The van der Waals surface area contributed by atoms with E-state index in [1.165, 1.54) is 45.6 Å². The van der Waals surface area contributed by atoms with Gasteiger partial charge < -0.3 is 19.3 Å². The quantitative estimate of drug-likeness (QED) is 0.342. The summed E-state index contributed by atoms with van der Waals surface area (Å²) in [5.74, 6) is 0.00426. The van der Waals surface area contributed by atoms with Crippen LogP contribution in [0.1, 0.15) is 21.5 Å². The third-order valence-corrected chi connectivity index (χ3v) is 3.81. The van der Waals surface area contributed by atoms with E-state index >= 15 is 0 Å². The fraction of sp³-hybridized carbons (Fsp3) is 0.211. The SMILES string of the molecule is COc1cc(C=CC(=O)c2cc(C)cc([N+](=O)[O-])c2O)cc(OC)c1OC. The van der Waals surface area contributed by atoms with Gasteiger partial charge in [0.15, 0.2) is 17.3 Å². The van der Waals surface area contributed by atoms with Crippen LogP contribution in [0.25, 0.3) is 6.08 Å². The first kappa shape index (κ1) is 19.8. The number of nitro groups is 1. The van der Waals surface area contributed by atoms with Gasteiger partial charge in [-0.25, -0.2) is 0 Å². The van der Waals surface area contributed by atoms with Crippen LogP contribution in [-0.4, -0.2) is 37.1 Å². The Morgan fingerprint density at radius 3 is 2.15 bits per heavy atom. The minimum Gasteiger partial charge on any atom is -0.502 e. The van der Waals surface area contributed by atoms with E-state index in [-0.39, 0.29) is 5.56 Å². The summed E-state index contributed by atoms with van der Waals surface area (Å²) in [5, 5.41) is 21.0. The lowest BCUT2D eigenvalue weighted by Crippen LogP contribution is -2.00. The van der Waals surface area contributed by atoms with Crippen molar-refractivity contribution < 1.29 is 29.0 Å². The van der Waals surface area contributed by atoms with Crippen molar-refractivity contribution in [1.82, 2.24) is 0 Å². The van der Waals surface area contributed by atoms with Crippen molar-refractivity contribution in [3.8, 4) is 23.0 Å². The van der Waals surface area contributed by atoms with Crippen LogP contribution in [0.2, 0.25) is 0 Å². The first-order chi connectivity index (χ1) is 12.8. The molecule has 8 heteroatoms. The third kappa shape index (κ3) is 4.17. The molecule has 0 aliphatic heterocycles. The predicted octanol–water partition coefficient (Wildman–Crippen LogP) is 3.53. The van der Waals surface area contributed by atoms with Gasteiger partial charge in [-0.15, -0.1) is 0 Å². The molecule has 0 spiro atoms. The van der Waals surface area contributed by atoms with E-state index in [1.54, 1.807) is 19.1 Å². The molecule has 2 rings (SSSR count). The van der Waals surface area contributed by atoms with E-state index in [0.29, 0.717) is 28.4 Å². The summed E-state index contributed by atoms with van der Waals surface area (Å²) in [5.41, 5.74) is 0.411. The summed E-state index contributed by atoms with van der Waals surface area (Å²) in [6.07, 6.45) is 2.69. The first-order valence-corrected chi connectivity index (χ1v) is 7.82. The second-order valence-corrected chi connectivity index (χ2v) is 5.59. The van der Waals surface area contributed by atoms with E-state index in [0.717, 1.165) is 0 Å². The topological polar surface area (TPSA) is 108 Å². The number of methoxy groups -OCH3 is 3. The number of hydrogen-bond donors (Lipinski definition) is 1. The molecule has 0 unspecified atom stereocenters. The second-order valence-electron chi connectivity index (χ2n) is 5.59. The van der Waals surface area contributed by atoms with E-state index in [1.807, 2.05) is 0 Å². The molecule has 27 heavy (non-hydrogen) atoms. The third-order valence-electron chi connectivity index (χ3n) is 3.81. The van der Waals surface area contributed by atoms with E-state index in [4.69, 9.17) is 14.2 Å². The Bertz CT molecular complexity index is 894. The number of aromatic hydroxyl groups is 1. The largest absolute Gasteiger partial charge is 0.502 e. The summed E-state index contributed by atoms with van der Waals surface area (Å²) in [6.45, 7) is 1.60. The molecule has 0 aliphatic rings. The van der Waals surface area contributed by atoms with Crippen molar-refractivity contribution >= 4 is 17.5 Å². The number of phenols is 1. The number of carbonyl (C=O) groups is 1. The van der Waals surface area contributed by atoms with Crippen LogP contribution in [-0.2, 0) is 0 Å². The maximum Gasteiger partial charge on any atom is 0.311 e. The molecule has 0 heterocycles. The highest BCUT2D eigenvalue weighted by Gasteiger charge is 2.21. The first-order valence-electron chi connectivity index (χ1n) is 7.82. The lowest BCUT2D eigenvalue weighted by Gasteiger charge is -2.12. The van der Waals surface area contributed by atoms with Gasteiger partial charge in [0.05, 0.1) is 31.8 Å². The van der Waals surface area contributed by atoms with Crippen molar-refractivity contribution in [3.63, 3.8) is 0 Å². The van der Waals surface area contributed by atoms with Crippen LogP contribution in [0.4, 0.5) is 5.69 Å². The highest BCUT2D eigenvalue weighted by molar-refractivity contribution is 6.09. The van der Waals surface area contributed by atoms with Gasteiger partial charge in [-0.05, 0) is 42.3 Å². The zero-order chi connectivity index (χ0) is 20.1. The Hall–Kier alpha value is -3.55. The Morgan fingerprint density at radius 1 is 1.07 bits per heavy atom. The van der Waals surface area contributed by atoms with Gasteiger partial charge in [-0.2, -0.15) is 0 Å². The maximum atomic E-state index is 12.4. The average molecular weight is 373 g/mol. The molecule has 2 aromatic carbocycles. The normalized spacial score (nSPS) is 10.7. The van der Waals surface area contributed by atoms with Crippen molar-refractivity contribution in [2.24, 2.45) is 0 Å².